The van der Waals surface area contributed by atoms with Crippen LogP contribution < -0.4 is 16.0 Å². The van der Waals surface area contributed by atoms with Crippen molar-refractivity contribution < 1.29 is 28.7 Å². The van der Waals surface area contributed by atoms with E-state index in [-0.39, 0.29) is 23.7 Å². The van der Waals surface area contributed by atoms with Crippen LogP contribution in [-0.4, -0.2) is 53.0 Å². The Morgan fingerprint density at radius 2 is 1.61 bits per heavy atom. The number of allylic oxidation sites excluding steroid dienone is 1. The van der Waals surface area contributed by atoms with E-state index in [0.29, 0.717) is 24.0 Å². The van der Waals surface area contributed by atoms with Gasteiger partial charge in [-0.3, -0.25) is 9.59 Å². The molecule has 0 spiro atoms. The minimum atomic E-state index is -1.95. The third kappa shape index (κ3) is 6.76. The minimum Gasteiger partial charge on any atom is -0.467 e. The lowest BCUT2D eigenvalue weighted by atomic mass is 9.69. The van der Waals surface area contributed by atoms with Gasteiger partial charge in [0.15, 0.2) is 17.1 Å². The highest BCUT2D eigenvalue weighted by Gasteiger charge is 2.61. The van der Waals surface area contributed by atoms with Crippen LogP contribution in [0.15, 0.2) is 65.5 Å². The normalized spacial score (nSPS) is 22.9. The van der Waals surface area contributed by atoms with Gasteiger partial charge in [-0.15, -0.1) is 0 Å². The Kier molecular flexibility index (Phi) is 10.2. The van der Waals surface area contributed by atoms with E-state index in [2.05, 4.69) is 29.8 Å². The largest absolute Gasteiger partial charge is 0.467 e. The summed E-state index contributed by atoms with van der Waals surface area (Å²) >= 11 is 0. The van der Waals surface area contributed by atoms with Crippen LogP contribution in [0, 0.1) is 11.8 Å². The van der Waals surface area contributed by atoms with E-state index in [1.54, 1.807) is 51.2 Å². The molecule has 9 heteroatoms. The van der Waals surface area contributed by atoms with Crippen molar-refractivity contribution in [3.63, 3.8) is 0 Å². The summed E-state index contributed by atoms with van der Waals surface area (Å²) < 4.78 is 10.8. The van der Waals surface area contributed by atoms with E-state index in [0.717, 1.165) is 5.57 Å². The lowest BCUT2D eigenvalue weighted by molar-refractivity contribution is -0.148. The second kappa shape index (κ2) is 13.0. The Hall–Kier alpha value is -3.88. The standard InChI is InChI=1S/C35H49N3O6/c1-22(2)16-17-33(18-23(3)4)28(39)27(21-36-33)35(24(5)6)29(40)26(20-37-35)34(30(41)43-10,19-25-14-12-11-13-15-25)38-31(42)44-32(7,8)9/h11-16,20-21,23-24,36-37H,17-19H2,1-10H3,(H,38,42)/t33-,34+,35+/m1/s1. The van der Waals surface area contributed by atoms with Gasteiger partial charge in [0.05, 0.1) is 12.7 Å². The lowest BCUT2D eigenvalue weighted by Gasteiger charge is -2.38. The Bertz CT molecular complexity index is 1370. The first-order valence-electron chi connectivity index (χ1n) is 15.3. The SMILES string of the molecule is COC(=O)[C@@](Cc1ccccc1)(NC(=O)OC(C)(C)C)C1=CN[C@](C2=CN[C@](CC=C(C)C)(CC(C)C)C2=O)(C(C)C)C1=O. The van der Waals surface area contributed by atoms with E-state index in [1.165, 1.54) is 13.3 Å². The second-order valence-electron chi connectivity index (χ2n) is 13.9. The molecule has 9 nitrogen and oxygen atoms in total. The molecule has 0 fully saturated rings. The molecule has 0 aromatic heterocycles. The topological polar surface area (TPSA) is 123 Å². The third-order valence-electron chi connectivity index (χ3n) is 8.15. The number of benzene rings is 1. The highest BCUT2D eigenvalue weighted by atomic mass is 16.6. The molecule has 0 saturated carbocycles. The number of carbonyl (C=O) groups excluding carboxylic acids is 4. The van der Waals surface area contributed by atoms with Gasteiger partial charge in [0.1, 0.15) is 16.7 Å². The van der Waals surface area contributed by atoms with Gasteiger partial charge in [0.2, 0.25) is 0 Å². The fraction of sp³-hybridized carbons (Fsp3) is 0.543. The Morgan fingerprint density at radius 1 is 0.977 bits per heavy atom. The monoisotopic (exact) mass is 607 g/mol. The number of methoxy groups -OCH3 is 1. The van der Waals surface area contributed by atoms with E-state index in [1.807, 2.05) is 39.8 Å². The molecule has 0 aliphatic carbocycles. The average Bonchev–Trinajstić information content (AvgIpc) is 3.43. The molecule has 2 aliphatic heterocycles. The van der Waals surface area contributed by atoms with Crippen molar-refractivity contribution in [2.45, 2.75) is 104 Å². The van der Waals surface area contributed by atoms with Gasteiger partial charge < -0.3 is 25.4 Å². The zero-order chi connectivity index (χ0) is 33.1. The molecule has 240 valence electrons. The molecule has 3 rings (SSSR count). The van der Waals surface area contributed by atoms with Gasteiger partial charge in [0.25, 0.3) is 0 Å². The first kappa shape index (κ1) is 34.6. The van der Waals surface area contributed by atoms with Crippen molar-refractivity contribution in [3.8, 4) is 0 Å². The van der Waals surface area contributed by atoms with Crippen molar-refractivity contribution >= 4 is 23.6 Å². The molecule has 1 aromatic rings. The first-order chi connectivity index (χ1) is 20.4. The van der Waals surface area contributed by atoms with Gasteiger partial charge in [-0.25, -0.2) is 9.59 Å². The number of hydrogen-bond donors (Lipinski definition) is 3. The fourth-order valence-electron chi connectivity index (χ4n) is 6.13. The van der Waals surface area contributed by atoms with Crippen LogP contribution in [0.2, 0.25) is 0 Å². The van der Waals surface area contributed by atoms with Crippen LogP contribution in [0.5, 0.6) is 0 Å². The van der Waals surface area contributed by atoms with Crippen LogP contribution in [0.3, 0.4) is 0 Å². The molecule has 1 aromatic carbocycles. The number of amides is 1. The van der Waals surface area contributed by atoms with Crippen LogP contribution >= 0.6 is 0 Å². The summed E-state index contributed by atoms with van der Waals surface area (Å²) in [6, 6.07) is 9.05. The maximum Gasteiger partial charge on any atom is 0.408 e. The predicted molar refractivity (Wildman–Crippen MR) is 171 cm³/mol. The van der Waals surface area contributed by atoms with E-state index >= 15 is 0 Å². The molecule has 2 heterocycles. The summed E-state index contributed by atoms with van der Waals surface area (Å²) in [7, 11) is 1.21. The number of rotatable bonds is 11. The van der Waals surface area contributed by atoms with Crippen molar-refractivity contribution in [3.05, 3.63) is 71.1 Å². The third-order valence-corrected chi connectivity index (χ3v) is 8.15. The van der Waals surface area contributed by atoms with Crippen LogP contribution in [0.4, 0.5) is 4.79 Å². The molecule has 1 amide bonds. The quantitative estimate of drug-likeness (QED) is 0.228. The lowest BCUT2D eigenvalue weighted by Crippen LogP contribution is -2.62. The zero-order valence-electron chi connectivity index (χ0n) is 27.8. The number of nitrogens with one attached hydrogen (secondary N) is 3. The molecular formula is C35H49N3O6. The fourth-order valence-corrected chi connectivity index (χ4v) is 6.13. The van der Waals surface area contributed by atoms with E-state index in [9.17, 15) is 19.2 Å². The van der Waals surface area contributed by atoms with Crippen molar-refractivity contribution in [2.75, 3.05) is 7.11 Å². The van der Waals surface area contributed by atoms with Gasteiger partial charge >= 0.3 is 12.1 Å². The molecule has 2 aliphatic rings. The second-order valence-corrected chi connectivity index (χ2v) is 13.9. The summed E-state index contributed by atoms with van der Waals surface area (Å²) in [5.74, 6) is -1.70. The zero-order valence-corrected chi connectivity index (χ0v) is 27.8. The number of ether oxygens (including phenoxy) is 2. The molecule has 0 unspecified atom stereocenters. The van der Waals surface area contributed by atoms with Crippen LogP contribution in [-0.2, 0) is 30.3 Å². The maximum atomic E-state index is 14.9. The molecule has 0 radical (unpaired) electrons. The summed E-state index contributed by atoms with van der Waals surface area (Å²) in [6.45, 7) is 16.9. The first-order valence-corrected chi connectivity index (χ1v) is 15.3. The van der Waals surface area contributed by atoms with Gasteiger partial charge in [0, 0.05) is 24.4 Å². The smallest absolute Gasteiger partial charge is 0.408 e. The summed E-state index contributed by atoms with van der Waals surface area (Å²) in [4.78, 5) is 56.4. The van der Waals surface area contributed by atoms with Crippen molar-refractivity contribution in [1.82, 2.24) is 16.0 Å². The summed E-state index contributed by atoms with van der Waals surface area (Å²) in [5.41, 5.74) is -3.18. The van der Waals surface area contributed by atoms with E-state index in [4.69, 9.17) is 9.47 Å². The molecular weight excluding hydrogens is 558 g/mol. The Labute approximate surface area is 261 Å². The highest BCUT2D eigenvalue weighted by Crippen LogP contribution is 2.43. The predicted octanol–water partition coefficient (Wildman–Crippen LogP) is 5.31. The number of ketones is 2. The number of hydrogen-bond acceptors (Lipinski definition) is 8. The van der Waals surface area contributed by atoms with E-state index < -0.39 is 46.0 Å². The molecule has 0 bridgehead atoms. The van der Waals surface area contributed by atoms with Gasteiger partial charge in [-0.1, -0.05) is 69.7 Å². The minimum absolute atomic E-state index is 0.0212. The van der Waals surface area contributed by atoms with Gasteiger partial charge in [-0.2, -0.15) is 0 Å². The molecule has 3 N–H and O–H groups in total. The summed E-state index contributed by atoms with van der Waals surface area (Å²) in [5, 5.41) is 9.32. The number of esters is 1. The Balaban J connectivity index is 2.16. The number of carbonyl (C=O) groups is 4. The van der Waals surface area contributed by atoms with Gasteiger partial charge in [-0.05, 0) is 64.9 Å². The molecule has 0 saturated heterocycles. The molecule has 44 heavy (non-hydrogen) atoms. The highest BCUT2D eigenvalue weighted by molar-refractivity contribution is 6.20. The van der Waals surface area contributed by atoms with Crippen molar-refractivity contribution in [2.24, 2.45) is 11.8 Å². The average molecular weight is 608 g/mol. The van der Waals surface area contributed by atoms with Crippen LogP contribution in [0.25, 0.3) is 0 Å². The van der Waals surface area contributed by atoms with Crippen LogP contribution in [0.1, 0.15) is 80.7 Å². The molecule has 3 atom stereocenters. The maximum absolute atomic E-state index is 14.9. The number of Topliss-reactive ketones (excluding diaryl/α,β-unsaturated/α-hetero) is 2. The Morgan fingerprint density at radius 3 is 2.14 bits per heavy atom. The summed E-state index contributed by atoms with van der Waals surface area (Å²) in [6.07, 6.45) is 5.21. The van der Waals surface area contributed by atoms with Crippen molar-refractivity contribution in [1.29, 1.82) is 0 Å². The number of alkyl carbamates (subject to hydrolysis) is 1.